The van der Waals surface area contributed by atoms with E-state index < -0.39 is 5.41 Å². The van der Waals surface area contributed by atoms with E-state index in [1.165, 1.54) is 12.1 Å². The van der Waals surface area contributed by atoms with E-state index >= 15 is 0 Å². The van der Waals surface area contributed by atoms with Crippen LogP contribution in [0.2, 0.25) is 0 Å². The molecule has 156 valence electrons. The lowest BCUT2D eigenvalue weighted by atomic mass is 9.94. The molecule has 0 aliphatic heterocycles. The summed E-state index contributed by atoms with van der Waals surface area (Å²) in [7, 11) is 1.57. The van der Waals surface area contributed by atoms with E-state index in [0.29, 0.717) is 11.4 Å². The summed E-state index contributed by atoms with van der Waals surface area (Å²) >= 11 is 0. The van der Waals surface area contributed by atoms with Gasteiger partial charge >= 0.3 is 0 Å². The minimum atomic E-state index is -0.616. The highest BCUT2D eigenvalue weighted by Crippen LogP contribution is 2.49. The summed E-state index contributed by atoms with van der Waals surface area (Å²) in [5, 5.41) is 3.04. The zero-order valence-corrected chi connectivity index (χ0v) is 17.4. The minimum absolute atomic E-state index is 0.111. The zero-order chi connectivity index (χ0) is 21.6. The van der Waals surface area contributed by atoms with Gasteiger partial charge in [-0.15, -0.1) is 0 Å². The van der Waals surface area contributed by atoms with Crippen LogP contribution < -0.4 is 10.1 Å². The number of halogens is 1. The van der Waals surface area contributed by atoms with E-state index in [1.807, 2.05) is 54.0 Å². The molecule has 6 heteroatoms. The molecule has 1 aliphatic rings. The van der Waals surface area contributed by atoms with Crippen LogP contribution in [0.1, 0.15) is 24.0 Å². The summed E-state index contributed by atoms with van der Waals surface area (Å²) in [6.45, 7) is 2.03. The van der Waals surface area contributed by atoms with Gasteiger partial charge in [-0.1, -0.05) is 12.1 Å². The number of hydrogen-bond donors (Lipinski definition) is 1. The van der Waals surface area contributed by atoms with Crippen molar-refractivity contribution in [3.05, 3.63) is 83.9 Å². The van der Waals surface area contributed by atoms with Crippen LogP contribution in [-0.4, -0.2) is 22.4 Å². The average molecular weight is 415 g/mol. The van der Waals surface area contributed by atoms with Crippen molar-refractivity contribution in [3.63, 3.8) is 0 Å². The van der Waals surface area contributed by atoms with Gasteiger partial charge in [-0.2, -0.15) is 0 Å². The van der Waals surface area contributed by atoms with Crippen LogP contribution in [-0.2, 0) is 10.2 Å². The van der Waals surface area contributed by atoms with E-state index in [4.69, 9.17) is 9.72 Å². The molecule has 0 saturated heterocycles. The van der Waals surface area contributed by atoms with Crippen LogP contribution in [0, 0.1) is 12.7 Å². The standard InChI is InChI=1S/C25H22FN3O2/c1-16-9-12-29-15-21(27-23(29)13-16)17-3-8-22(31-2)20(14-17)28-24(30)25(10-11-25)18-4-6-19(26)7-5-18/h3-9,12-15H,10-11H2,1-2H3,(H,28,30). The Hall–Kier alpha value is -3.67. The zero-order valence-electron chi connectivity index (χ0n) is 17.4. The number of pyridine rings is 1. The first-order chi connectivity index (χ1) is 15.0. The normalized spacial score (nSPS) is 14.4. The fourth-order valence-corrected chi connectivity index (χ4v) is 3.97. The highest BCUT2D eigenvalue weighted by atomic mass is 19.1. The molecular formula is C25H22FN3O2. The fraction of sp³-hybridized carbons (Fsp3) is 0.200. The maximum atomic E-state index is 13.3. The number of benzene rings is 2. The van der Waals surface area contributed by atoms with Crippen LogP contribution in [0.25, 0.3) is 16.9 Å². The lowest BCUT2D eigenvalue weighted by molar-refractivity contribution is -0.118. The highest BCUT2D eigenvalue weighted by molar-refractivity contribution is 6.02. The Balaban J connectivity index is 1.47. The molecule has 1 aliphatic carbocycles. The predicted octanol–water partition coefficient (Wildman–Crippen LogP) is 5.13. The number of hydrogen-bond acceptors (Lipinski definition) is 3. The van der Waals surface area contributed by atoms with E-state index in [2.05, 4.69) is 5.32 Å². The monoisotopic (exact) mass is 415 g/mol. The number of amides is 1. The molecule has 0 bridgehead atoms. The number of aromatic nitrogens is 2. The summed E-state index contributed by atoms with van der Waals surface area (Å²) in [4.78, 5) is 17.9. The lowest BCUT2D eigenvalue weighted by Gasteiger charge is -2.18. The van der Waals surface area contributed by atoms with Crippen LogP contribution in [0.5, 0.6) is 5.75 Å². The number of methoxy groups -OCH3 is 1. The molecular weight excluding hydrogens is 393 g/mol. The maximum Gasteiger partial charge on any atom is 0.235 e. The number of ether oxygens (including phenoxy) is 1. The molecule has 1 saturated carbocycles. The molecule has 0 radical (unpaired) electrons. The molecule has 2 heterocycles. The van der Waals surface area contributed by atoms with Gasteiger partial charge in [0, 0.05) is 18.0 Å². The summed E-state index contributed by atoms with van der Waals surface area (Å²) in [5.41, 5.74) is 4.50. The fourth-order valence-electron chi connectivity index (χ4n) is 3.97. The van der Waals surface area contributed by atoms with Gasteiger partial charge in [0.05, 0.1) is 23.9 Å². The third kappa shape index (κ3) is 3.44. The maximum absolute atomic E-state index is 13.3. The number of fused-ring (bicyclic) bond motifs is 1. The number of nitrogens with one attached hydrogen (secondary N) is 1. The van der Waals surface area contributed by atoms with Crippen molar-refractivity contribution in [1.29, 1.82) is 0 Å². The number of carbonyl (C=O) groups excluding carboxylic acids is 1. The number of imidazole rings is 1. The summed E-state index contributed by atoms with van der Waals surface area (Å²) < 4.78 is 20.8. The first-order valence-electron chi connectivity index (χ1n) is 10.2. The topological polar surface area (TPSA) is 55.6 Å². The minimum Gasteiger partial charge on any atom is -0.495 e. The number of aryl methyl sites for hydroxylation is 1. The van der Waals surface area contributed by atoms with Crippen molar-refractivity contribution in [2.45, 2.75) is 25.2 Å². The van der Waals surface area contributed by atoms with Crippen molar-refractivity contribution in [3.8, 4) is 17.0 Å². The van der Waals surface area contributed by atoms with Gasteiger partial charge in [0.1, 0.15) is 17.2 Å². The van der Waals surface area contributed by atoms with E-state index in [1.54, 1.807) is 19.2 Å². The molecule has 1 fully saturated rings. The molecule has 0 atom stereocenters. The molecule has 2 aromatic heterocycles. The predicted molar refractivity (Wildman–Crippen MR) is 118 cm³/mol. The molecule has 2 aromatic carbocycles. The molecule has 1 N–H and O–H groups in total. The molecule has 4 aromatic rings. The average Bonchev–Trinajstić information content (AvgIpc) is 3.47. The summed E-state index contributed by atoms with van der Waals surface area (Å²) in [6.07, 6.45) is 5.41. The molecule has 0 spiro atoms. The van der Waals surface area contributed by atoms with Gasteiger partial charge in [-0.3, -0.25) is 4.79 Å². The molecule has 31 heavy (non-hydrogen) atoms. The van der Waals surface area contributed by atoms with Gasteiger partial charge in [-0.25, -0.2) is 9.37 Å². The second kappa shape index (κ2) is 7.23. The largest absolute Gasteiger partial charge is 0.495 e. The molecule has 5 nitrogen and oxygen atoms in total. The number of carbonyl (C=O) groups is 1. The Kier molecular flexibility index (Phi) is 4.50. The van der Waals surface area contributed by atoms with Crippen LogP contribution in [0.15, 0.2) is 67.0 Å². The Labute approximate surface area is 179 Å². The smallest absolute Gasteiger partial charge is 0.235 e. The second-order valence-corrected chi connectivity index (χ2v) is 8.05. The van der Waals surface area contributed by atoms with Gasteiger partial charge in [0.15, 0.2) is 0 Å². The number of nitrogens with zero attached hydrogens (tertiary/aromatic N) is 2. The first kappa shape index (κ1) is 19.3. The SMILES string of the molecule is COc1ccc(-c2cn3ccc(C)cc3n2)cc1NC(=O)C1(c2ccc(F)cc2)CC1. The van der Waals surface area contributed by atoms with E-state index in [-0.39, 0.29) is 11.7 Å². The second-order valence-electron chi connectivity index (χ2n) is 8.05. The van der Waals surface area contributed by atoms with Crippen LogP contribution in [0.3, 0.4) is 0 Å². The van der Waals surface area contributed by atoms with Crippen molar-refractivity contribution in [2.75, 3.05) is 12.4 Å². The van der Waals surface area contributed by atoms with Crippen LogP contribution >= 0.6 is 0 Å². The molecule has 1 amide bonds. The third-order valence-electron chi connectivity index (χ3n) is 5.94. The Morgan fingerprint density at radius 2 is 1.90 bits per heavy atom. The van der Waals surface area contributed by atoms with Crippen molar-refractivity contribution >= 4 is 17.2 Å². The summed E-state index contributed by atoms with van der Waals surface area (Å²) in [5.74, 6) is 0.156. The van der Waals surface area contributed by atoms with Gasteiger partial charge in [0.25, 0.3) is 0 Å². The van der Waals surface area contributed by atoms with Gasteiger partial charge < -0.3 is 14.5 Å². The number of rotatable bonds is 5. The third-order valence-corrected chi connectivity index (χ3v) is 5.94. The number of anilines is 1. The lowest BCUT2D eigenvalue weighted by Crippen LogP contribution is -2.28. The van der Waals surface area contributed by atoms with Gasteiger partial charge in [0.2, 0.25) is 5.91 Å². The Morgan fingerprint density at radius 3 is 2.61 bits per heavy atom. The quantitative estimate of drug-likeness (QED) is 0.492. The summed E-state index contributed by atoms with van der Waals surface area (Å²) in [6, 6.07) is 15.9. The van der Waals surface area contributed by atoms with Gasteiger partial charge in [-0.05, 0) is 73.4 Å². The van der Waals surface area contributed by atoms with Crippen molar-refractivity contribution in [2.24, 2.45) is 0 Å². The molecule has 5 rings (SSSR count). The molecule has 0 unspecified atom stereocenters. The first-order valence-corrected chi connectivity index (χ1v) is 10.2. The van der Waals surface area contributed by atoms with Crippen molar-refractivity contribution < 1.29 is 13.9 Å². The van der Waals surface area contributed by atoms with E-state index in [0.717, 1.165) is 40.9 Å². The Bertz CT molecular complexity index is 1290. The van der Waals surface area contributed by atoms with Crippen molar-refractivity contribution in [1.82, 2.24) is 9.38 Å². The van der Waals surface area contributed by atoms with Crippen LogP contribution in [0.4, 0.5) is 10.1 Å². The highest BCUT2D eigenvalue weighted by Gasteiger charge is 2.51. The van der Waals surface area contributed by atoms with E-state index in [9.17, 15) is 9.18 Å². The Morgan fingerprint density at radius 1 is 1.13 bits per heavy atom.